The Bertz CT molecular complexity index is 614. The molecule has 0 bridgehead atoms. The van der Waals surface area contributed by atoms with Crippen molar-refractivity contribution in [2.75, 3.05) is 32.1 Å². The second kappa shape index (κ2) is 7.53. The van der Waals surface area contributed by atoms with Crippen LogP contribution in [0.15, 0.2) is 18.2 Å². The lowest BCUT2D eigenvalue weighted by Gasteiger charge is -2.28. The molecule has 0 aliphatic carbocycles. The fraction of sp³-hybridized carbons (Fsp3) is 0.529. The highest BCUT2D eigenvalue weighted by molar-refractivity contribution is 5.89. The van der Waals surface area contributed by atoms with Crippen LogP contribution in [0.1, 0.15) is 24.0 Å². The second-order valence-electron chi connectivity index (χ2n) is 6.10. The second-order valence-corrected chi connectivity index (χ2v) is 6.10. The molecule has 3 rings (SSSR count). The van der Waals surface area contributed by atoms with E-state index in [4.69, 9.17) is 9.47 Å². The molecule has 1 saturated heterocycles. The molecule has 3 amide bonds. The SMILES string of the molecule is COC(=O)N1CCc2ccc(NC(=O)NCC3CCCO3)cc2C1. The molecule has 7 nitrogen and oxygen atoms in total. The van der Waals surface area contributed by atoms with Gasteiger partial charge in [-0.3, -0.25) is 0 Å². The van der Waals surface area contributed by atoms with Gasteiger partial charge in [0.25, 0.3) is 0 Å². The Morgan fingerprint density at radius 3 is 3.00 bits per heavy atom. The van der Waals surface area contributed by atoms with Gasteiger partial charge in [-0.2, -0.15) is 0 Å². The van der Waals surface area contributed by atoms with Crippen molar-refractivity contribution < 1.29 is 19.1 Å². The van der Waals surface area contributed by atoms with Crippen LogP contribution in [0.3, 0.4) is 0 Å². The molecule has 1 fully saturated rings. The minimum absolute atomic E-state index is 0.118. The lowest BCUT2D eigenvalue weighted by Crippen LogP contribution is -2.36. The summed E-state index contributed by atoms with van der Waals surface area (Å²) in [5, 5.41) is 5.66. The van der Waals surface area contributed by atoms with E-state index in [2.05, 4.69) is 10.6 Å². The average molecular weight is 333 g/mol. The van der Waals surface area contributed by atoms with Crippen molar-refractivity contribution in [2.24, 2.45) is 0 Å². The highest BCUT2D eigenvalue weighted by Crippen LogP contribution is 2.23. The lowest BCUT2D eigenvalue weighted by atomic mass is 9.99. The molecule has 1 unspecified atom stereocenters. The summed E-state index contributed by atoms with van der Waals surface area (Å²) in [5.74, 6) is 0. The van der Waals surface area contributed by atoms with Gasteiger partial charge >= 0.3 is 12.1 Å². The first kappa shape index (κ1) is 16.6. The van der Waals surface area contributed by atoms with E-state index >= 15 is 0 Å². The van der Waals surface area contributed by atoms with Gasteiger partial charge in [0, 0.05) is 31.9 Å². The highest BCUT2D eigenvalue weighted by Gasteiger charge is 2.21. The summed E-state index contributed by atoms with van der Waals surface area (Å²) in [6.45, 7) is 2.44. The molecule has 0 aromatic heterocycles. The molecule has 2 aliphatic rings. The number of fused-ring (bicyclic) bond motifs is 1. The van der Waals surface area contributed by atoms with E-state index in [9.17, 15) is 9.59 Å². The summed E-state index contributed by atoms with van der Waals surface area (Å²) < 4.78 is 10.3. The smallest absolute Gasteiger partial charge is 0.409 e. The molecule has 1 aromatic carbocycles. The zero-order valence-corrected chi connectivity index (χ0v) is 13.8. The number of anilines is 1. The van der Waals surface area contributed by atoms with Gasteiger partial charge in [-0.15, -0.1) is 0 Å². The molecule has 0 saturated carbocycles. The van der Waals surface area contributed by atoms with Crippen molar-refractivity contribution in [3.63, 3.8) is 0 Å². The summed E-state index contributed by atoms with van der Waals surface area (Å²) in [5.41, 5.74) is 2.94. The zero-order valence-electron chi connectivity index (χ0n) is 13.8. The van der Waals surface area contributed by atoms with Crippen LogP contribution in [-0.4, -0.2) is 49.9 Å². The molecule has 130 valence electrons. The van der Waals surface area contributed by atoms with Crippen molar-refractivity contribution in [3.8, 4) is 0 Å². The number of rotatable bonds is 3. The average Bonchev–Trinajstić information content (AvgIpc) is 3.12. The number of methoxy groups -OCH3 is 1. The normalized spacial score (nSPS) is 19.5. The number of hydrogen-bond donors (Lipinski definition) is 2. The Morgan fingerprint density at radius 1 is 1.38 bits per heavy atom. The van der Waals surface area contributed by atoms with E-state index in [1.807, 2.05) is 18.2 Å². The van der Waals surface area contributed by atoms with E-state index in [0.717, 1.165) is 31.4 Å². The lowest BCUT2D eigenvalue weighted by molar-refractivity contribution is 0.112. The van der Waals surface area contributed by atoms with Crippen LogP contribution in [-0.2, 0) is 22.4 Å². The fourth-order valence-corrected chi connectivity index (χ4v) is 3.11. The van der Waals surface area contributed by atoms with Crippen LogP contribution in [0.4, 0.5) is 15.3 Å². The van der Waals surface area contributed by atoms with Gasteiger partial charge in [0.1, 0.15) is 0 Å². The number of nitrogens with one attached hydrogen (secondary N) is 2. The first-order chi connectivity index (χ1) is 11.7. The van der Waals surface area contributed by atoms with Crippen molar-refractivity contribution in [1.82, 2.24) is 10.2 Å². The van der Waals surface area contributed by atoms with Crippen LogP contribution < -0.4 is 10.6 Å². The van der Waals surface area contributed by atoms with Crippen molar-refractivity contribution in [2.45, 2.75) is 31.9 Å². The summed E-state index contributed by atoms with van der Waals surface area (Å²) in [4.78, 5) is 25.3. The molecule has 1 aromatic rings. The van der Waals surface area contributed by atoms with Gasteiger partial charge < -0.3 is 25.0 Å². The Morgan fingerprint density at radius 2 is 2.25 bits per heavy atom. The van der Waals surface area contributed by atoms with Crippen LogP contribution in [0, 0.1) is 0 Å². The van der Waals surface area contributed by atoms with Crippen molar-refractivity contribution in [3.05, 3.63) is 29.3 Å². The van der Waals surface area contributed by atoms with E-state index < -0.39 is 0 Å². The molecule has 24 heavy (non-hydrogen) atoms. The van der Waals surface area contributed by atoms with Gasteiger partial charge in [0.2, 0.25) is 0 Å². The molecule has 0 spiro atoms. The Balaban J connectivity index is 1.57. The maximum Gasteiger partial charge on any atom is 0.409 e. The van der Waals surface area contributed by atoms with Crippen LogP contribution in [0.5, 0.6) is 0 Å². The number of nitrogens with zero attached hydrogens (tertiary/aromatic N) is 1. The molecule has 7 heteroatoms. The fourth-order valence-electron chi connectivity index (χ4n) is 3.11. The summed E-state index contributed by atoms with van der Waals surface area (Å²) >= 11 is 0. The van der Waals surface area contributed by atoms with E-state index in [0.29, 0.717) is 25.3 Å². The molecule has 2 heterocycles. The van der Waals surface area contributed by atoms with E-state index in [1.165, 1.54) is 12.7 Å². The zero-order chi connectivity index (χ0) is 16.9. The minimum Gasteiger partial charge on any atom is -0.453 e. The molecule has 1 atom stereocenters. The predicted molar refractivity (Wildman–Crippen MR) is 89.0 cm³/mol. The number of carbonyl (C=O) groups is 2. The van der Waals surface area contributed by atoms with Gasteiger partial charge in [-0.1, -0.05) is 6.07 Å². The summed E-state index contributed by atoms with van der Waals surface area (Å²) in [6, 6.07) is 5.56. The third-order valence-corrected chi connectivity index (χ3v) is 4.42. The summed E-state index contributed by atoms with van der Waals surface area (Å²) in [7, 11) is 1.38. The number of urea groups is 1. The van der Waals surface area contributed by atoms with Gasteiger partial charge in [0.05, 0.1) is 13.2 Å². The van der Waals surface area contributed by atoms with E-state index in [-0.39, 0.29) is 18.2 Å². The van der Waals surface area contributed by atoms with Gasteiger partial charge in [-0.05, 0) is 42.5 Å². The van der Waals surface area contributed by atoms with Crippen molar-refractivity contribution >= 4 is 17.8 Å². The van der Waals surface area contributed by atoms with Crippen LogP contribution >= 0.6 is 0 Å². The molecular formula is C17H23N3O4. The molecular weight excluding hydrogens is 310 g/mol. The van der Waals surface area contributed by atoms with Crippen LogP contribution in [0.25, 0.3) is 0 Å². The van der Waals surface area contributed by atoms with Crippen molar-refractivity contribution in [1.29, 1.82) is 0 Å². The third-order valence-electron chi connectivity index (χ3n) is 4.42. The molecule has 2 aliphatic heterocycles. The standard InChI is InChI=1S/C17H23N3O4/c1-23-17(22)20-7-6-12-4-5-14(9-13(12)11-20)19-16(21)18-10-15-3-2-8-24-15/h4-5,9,15H,2-3,6-8,10-11H2,1H3,(H2,18,19,21). The minimum atomic E-state index is -0.326. The van der Waals surface area contributed by atoms with Gasteiger partial charge in [-0.25, -0.2) is 9.59 Å². The first-order valence-corrected chi connectivity index (χ1v) is 8.27. The third kappa shape index (κ3) is 3.97. The Hall–Kier alpha value is -2.28. The largest absolute Gasteiger partial charge is 0.453 e. The molecule has 0 radical (unpaired) electrons. The Labute approximate surface area is 141 Å². The number of hydrogen-bond acceptors (Lipinski definition) is 4. The Kier molecular flexibility index (Phi) is 5.20. The maximum atomic E-state index is 12.0. The maximum absolute atomic E-state index is 12.0. The monoisotopic (exact) mass is 333 g/mol. The predicted octanol–water partition coefficient (Wildman–Crippen LogP) is 2.11. The number of amides is 3. The van der Waals surface area contributed by atoms with Gasteiger partial charge in [0.15, 0.2) is 0 Å². The number of ether oxygens (including phenoxy) is 2. The van der Waals surface area contributed by atoms with E-state index in [1.54, 1.807) is 4.90 Å². The van der Waals surface area contributed by atoms with Crippen LogP contribution in [0.2, 0.25) is 0 Å². The molecule has 2 N–H and O–H groups in total. The summed E-state index contributed by atoms with van der Waals surface area (Å²) in [6.07, 6.45) is 2.62. The number of benzene rings is 1. The number of carbonyl (C=O) groups excluding carboxylic acids is 2. The first-order valence-electron chi connectivity index (χ1n) is 8.27. The highest BCUT2D eigenvalue weighted by atomic mass is 16.5. The topological polar surface area (TPSA) is 79.9 Å². The quantitative estimate of drug-likeness (QED) is 0.888.